The largest absolute Gasteiger partial charge is 0.493 e. The van der Waals surface area contributed by atoms with Gasteiger partial charge in [-0.3, -0.25) is 9.36 Å². The average molecular weight is 479 g/mol. The highest BCUT2D eigenvalue weighted by Gasteiger charge is 2.26. The lowest BCUT2D eigenvalue weighted by Crippen LogP contribution is -2.19. The van der Waals surface area contributed by atoms with E-state index in [0.29, 0.717) is 17.0 Å². The number of aromatic hydroxyl groups is 1. The number of thioether (sulfide) groups is 1. The Morgan fingerprint density at radius 3 is 2.77 bits per heavy atom. The number of aromatic nitrogens is 1. The minimum Gasteiger partial charge on any atom is -0.493 e. The standard InChI is InChI=1S/C21H22N2O5S3/c1-3-5-10-22-14-11-13(20(27)28-4-2)6-7-15(14)30-17(22)9-8-16-19(26)23(12-18(24)25)21(29)31-16/h6-8,11,26H,3-5,10,12H2,1-2H3,(H,24,25). The van der Waals surface area contributed by atoms with E-state index in [1.165, 1.54) is 16.3 Å². The minimum atomic E-state index is -1.08. The smallest absolute Gasteiger partial charge is 0.338 e. The van der Waals surface area contributed by atoms with Gasteiger partial charge in [-0.15, -0.1) is 11.3 Å². The number of hydrogen-bond donors (Lipinski definition) is 2. The summed E-state index contributed by atoms with van der Waals surface area (Å²) in [7, 11) is 0. The third kappa shape index (κ3) is 5.22. The Morgan fingerprint density at radius 1 is 1.32 bits per heavy atom. The third-order valence-electron chi connectivity index (χ3n) is 4.46. The maximum absolute atomic E-state index is 12.1. The lowest BCUT2D eigenvalue weighted by molar-refractivity contribution is -0.137. The number of thiazole rings is 1. The van der Waals surface area contributed by atoms with Gasteiger partial charge in [0.2, 0.25) is 5.88 Å². The lowest BCUT2D eigenvalue weighted by Gasteiger charge is -2.19. The summed E-state index contributed by atoms with van der Waals surface area (Å²) in [5.41, 5.74) is 4.63. The highest BCUT2D eigenvalue weighted by Crippen LogP contribution is 2.46. The molecule has 0 amide bonds. The number of ether oxygens (including phenoxy) is 1. The number of hydrogen-bond acceptors (Lipinski definition) is 8. The van der Waals surface area contributed by atoms with E-state index in [-0.39, 0.29) is 15.8 Å². The molecule has 1 aliphatic heterocycles. The molecule has 0 aliphatic carbocycles. The summed E-state index contributed by atoms with van der Waals surface area (Å²) in [5, 5.41) is 20.2. The summed E-state index contributed by atoms with van der Waals surface area (Å²) >= 11 is 7.81. The predicted molar refractivity (Wildman–Crippen MR) is 124 cm³/mol. The zero-order valence-corrected chi connectivity index (χ0v) is 19.5. The van der Waals surface area contributed by atoms with Gasteiger partial charge in [0.1, 0.15) is 11.6 Å². The van der Waals surface area contributed by atoms with Crippen molar-refractivity contribution in [2.45, 2.75) is 38.1 Å². The molecule has 0 bridgehead atoms. The van der Waals surface area contributed by atoms with Gasteiger partial charge in [0.25, 0.3) is 0 Å². The Bertz CT molecular complexity index is 1130. The zero-order chi connectivity index (χ0) is 22.5. The molecule has 2 heterocycles. The van der Waals surface area contributed by atoms with Crippen molar-refractivity contribution < 1.29 is 24.5 Å². The van der Waals surface area contributed by atoms with Crippen LogP contribution in [0.4, 0.5) is 5.69 Å². The quantitative estimate of drug-likeness (QED) is 0.307. The Balaban J connectivity index is 1.98. The number of carboxylic acid groups (broad SMARTS) is 1. The fourth-order valence-electron chi connectivity index (χ4n) is 2.98. The monoisotopic (exact) mass is 478 g/mol. The SMILES string of the molecule is CCCCN1C(=C=Cc2sc(=S)n(CC(=O)O)c2O)Sc2ccc(C(=O)OCC)cc21. The van der Waals surface area contributed by atoms with Crippen molar-refractivity contribution in [1.82, 2.24) is 4.57 Å². The van der Waals surface area contributed by atoms with Crippen molar-refractivity contribution in [2.24, 2.45) is 0 Å². The maximum atomic E-state index is 12.1. The van der Waals surface area contributed by atoms with Gasteiger partial charge in [-0.1, -0.05) is 30.8 Å². The highest BCUT2D eigenvalue weighted by atomic mass is 32.2. The average Bonchev–Trinajstić information content (AvgIpc) is 3.21. The zero-order valence-electron chi connectivity index (χ0n) is 17.1. The predicted octanol–water partition coefficient (Wildman–Crippen LogP) is 5.11. The Hall–Kier alpha value is -2.52. The van der Waals surface area contributed by atoms with Crippen LogP contribution >= 0.6 is 35.3 Å². The number of esters is 1. The van der Waals surface area contributed by atoms with Crippen LogP contribution in [0, 0.1) is 3.95 Å². The summed E-state index contributed by atoms with van der Waals surface area (Å²) in [6, 6.07) is 5.47. The molecule has 10 heteroatoms. The number of nitrogens with zero attached hydrogens (tertiary/aromatic N) is 2. The van der Waals surface area contributed by atoms with E-state index in [2.05, 4.69) is 17.6 Å². The summed E-state index contributed by atoms with van der Waals surface area (Å²) in [6.07, 6.45) is 3.58. The van der Waals surface area contributed by atoms with Crippen molar-refractivity contribution in [3.63, 3.8) is 0 Å². The van der Waals surface area contributed by atoms with Gasteiger partial charge in [-0.2, -0.15) is 0 Å². The second kappa shape index (κ2) is 10.2. The molecule has 2 N–H and O–H groups in total. The summed E-state index contributed by atoms with van der Waals surface area (Å²) in [6.45, 7) is 4.55. The number of rotatable bonds is 8. The number of unbranched alkanes of at least 4 members (excludes halogenated alkanes) is 1. The first-order valence-electron chi connectivity index (χ1n) is 9.73. The van der Waals surface area contributed by atoms with Crippen molar-refractivity contribution in [1.29, 1.82) is 0 Å². The van der Waals surface area contributed by atoms with Crippen LogP contribution in [0.3, 0.4) is 0 Å². The molecule has 0 saturated carbocycles. The Labute approximate surface area is 193 Å². The van der Waals surface area contributed by atoms with Crippen LogP contribution in [0.1, 0.15) is 41.9 Å². The first kappa shape index (κ1) is 23.1. The molecule has 2 aromatic rings. The molecule has 164 valence electrons. The van der Waals surface area contributed by atoms with Gasteiger partial charge in [-0.05, 0) is 43.8 Å². The van der Waals surface area contributed by atoms with E-state index in [0.717, 1.165) is 46.3 Å². The van der Waals surface area contributed by atoms with Crippen molar-refractivity contribution in [3.05, 3.63) is 43.4 Å². The molecule has 0 fully saturated rings. The number of carbonyl (C=O) groups is 2. The molecule has 31 heavy (non-hydrogen) atoms. The second-order valence-electron chi connectivity index (χ2n) is 6.64. The van der Waals surface area contributed by atoms with E-state index in [1.54, 1.807) is 19.1 Å². The molecular formula is C21H22N2O5S3. The Kier molecular flexibility index (Phi) is 7.61. The molecular weight excluding hydrogens is 456 g/mol. The van der Waals surface area contributed by atoms with Gasteiger partial charge in [0, 0.05) is 17.5 Å². The van der Waals surface area contributed by atoms with Crippen LogP contribution in [0.25, 0.3) is 6.08 Å². The van der Waals surface area contributed by atoms with Crippen LogP contribution in [-0.2, 0) is 16.1 Å². The highest BCUT2D eigenvalue weighted by molar-refractivity contribution is 8.03. The number of carboxylic acids is 1. The molecule has 1 aliphatic rings. The number of fused-ring (bicyclic) bond motifs is 1. The fourth-order valence-corrected chi connectivity index (χ4v) is 5.21. The molecule has 0 atom stereocenters. The topological polar surface area (TPSA) is 92.0 Å². The van der Waals surface area contributed by atoms with Crippen LogP contribution in [-0.4, -0.2) is 39.9 Å². The van der Waals surface area contributed by atoms with Crippen LogP contribution in [0.5, 0.6) is 5.88 Å². The number of carbonyl (C=O) groups excluding carboxylic acids is 1. The third-order valence-corrected chi connectivity index (χ3v) is 6.94. The molecule has 0 spiro atoms. The van der Waals surface area contributed by atoms with E-state index < -0.39 is 12.5 Å². The van der Waals surface area contributed by atoms with E-state index in [4.69, 9.17) is 22.1 Å². The van der Waals surface area contributed by atoms with Crippen LogP contribution in [0.2, 0.25) is 0 Å². The molecule has 0 unspecified atom stereocenters. The minimum absolute atomic E-state index is 0.185. The van der Waals surface area contributed by atoms with Crippen molar-refractivity contribution in [3.8, 4) is 5.88 Å². The number of anilines is 1. The maximum Gasteiger partial charge on any atom is 0.338 e. The van der Waals surface area contributed by atoms with Gasteiger partial charge < -0.3 is 19.8 Å². The molecule has 0 radical (unpaired) electrons. The van der Waals surface area contributed by atoms with E-state index >= 15 is 0 Å². The molecule has 3 rings (SSSR count). The van der Waals surface area contributed by atoms with E-state index in [9.17, 15) is 14.7 Å². The summed E-state index contributed by atoms with van der Waals surface area (Å²) in [5.74, 6) is -1.62. The van der Waals surface area contributed by atoms with E-state index in [1.807, 2.05) is 12.1 Å². The lowest BCUT2D eigenvalue weighted by atomic mass is 10.2. The first-order valence-corrected chi connectivity index (χ1v) is 11.8. The van der Waals surface area contributed by atoms with Gasteiger partial charge in [0.05, 0.1) is 22.7 Å². The summed E-state index contributed by atoms with van der Waals surface area (Å²) in [4.78, 5) is 26.7. The fraction of sp³-hybridized carbons (Fsp3) is 0.333. The van der Waals surface area contributed by atoms with Crippen LogP contribution in [0.15, 0.2) is 33.9 Å². The molecule has 1 aromatic heterocycles. The number of aliphatic carboxylic acids is 1. The Morgan fingerprint density at radius 2 is 2.10 bits per heavy atom. The van der Waals surface area contributed by atoms with Gasteiger partial charge >= 0.3 is 11.9 Å². The van der Waals surface area contributed by atoms with Gasteiger partial charge in [-0.25, -0.2) is 4.79 Å². The molecule has 0 saturated heterocycles. The first-order chi connectivity index (χ1) is 14.8. The summed E-state index contributed by atoms with van der Waals surface area (Å²) < 4.78 is 6.58. The van der Waals surface area contributed by atoms with Crippen molar-refractivity contribution in [2.75, 3.05) is 18.1 Å². The second-order valence-corrected chi connectivity index (χ2v) is 9.35. The molecule has 7 nitrogen and oxygen atoms in total. The van der Waals surface area contributed by atoms with Gasteiger partial charge in [0.15, 0.2) is 3.95 Å². The van der Waals surface area contributed by atoms with Crippen LogP contribution < -0.4 is 4.90 Å². The normalized spacial score (nSPS) is 12.5. The van der Waals surface area contributed by atoms with Crippen molar-refractivity contribution >= 4 is 59.0 Å². The number of benzene rings is 1. The molecule has 1 aromatic carbocycles.